The number of hydrogen-bond donors (Lipinski definition) is 1. The molecule has 130 valence electrons. The number of carbonyl (C=O) groups is 1. The van der Waals surface area contributed by atoms with Crippen LogP contribution in [0.1, 0.15) is 25.5 Å². The molecule has 0 bridgehead atoms. The first kappa shape index (κ1) is 16.7. The Morgan fingerprint density at radius 1 is 1.38 bits per heavy atom. The van der Waals surface area contributed by atoms with E-state index in [1.54, 1.807) is 17.9 Å². The minimum atomic E-state index is -3.84. The molecule has 1 fully saturated rings. The molecule has 1 saturated heterocycles. The van der Waals surface area contributed by atoms with Gasteiger partial charge < -0.3 is 13.8 Å². The molecule has 1 atom stereocenters. The van der Waals surface area contributed by atoms with E-state index < -0.39 is 16.1 Å². The fraction of sp³-hybridized carbons (Fsp3) is 0.467. The third kappa shape index (κ3) is 3.36. The second kappa shape index (κ2) is 6.40. The molecule has 3 rings (SSSR count). The number of aryl methyl sites for hydroxylation is 1. The van der Waals surface area contributed by atoms with Gasteiger partial charge in [-0.3, -0.25) is 4.79 Å². The van der Waals surface area contributed by atoms with Crippen molar-refractivity contribution in [3.05, 3.63) is 23.9 Å². The molecule has 1 amide bonds. The van der Waals surface area contributed by atoms with E-state index in [0.29, 0.717) is 24.5 Å². The van der Waals surface area contributed by atoms with Crippen molar-refractivity contribution in [1.29, 1.82) is 0 Å². The Bertz CT molecular complexity index is 839. The topological polar surface area (TPSA) is 106 Å². The lowest BCUT2D eigenvalue weighted by Gasteiger charge is -2.15. The maximum Gasteiger partial charge on any atom is 0.274 e. The number of amides is 1. The predicted molar refractivity (Wildman–Crippen MR) is 84.5 cm³/mol. The number of carbonyl (C=O) groups excluding carboxylic acids is 1. The van der Waals surface area contributed by atoms with Gasteiger partial charge in [0.1, 0.15) is 0 Å². The van der Waals surface area contributed by atoms with Crippen LogP contribution in [0.3, 0.4) is 0 Å². The molecule has 3 heterocycles. The number of nitrogens with zero attached hydrogens (tertiary/aromatic N) is 2. The van der Waals surface area contributed by atoms with E-state index in [2.05, 4.69) is 9.88 Å². The average Bonchev–Trinajstić information content (AvgIpc) is 3.20. The molecule has 1 unspecified atom stereocenters. The van der Waals surface area contributed by atoms with Crippen LogP contribution in [-0.4, -0.2) is 43.5 Å². The highest BCUT2D eigenvalue weighted by atomic mass is 32.2. The van der Waals surface area contributed by atoms with Gasteiger partial charge in [0.05, 0.1) is 5.69 Å². The molecule has 24 heavy (non-hydrogen) atoms. The molecule has 1 aliphatic heterocycles. The second-order valence-corrected chi connectivity index (χ2v) is 7.46. The fourth-order valence-electron chi connectivity index (χ4n) is 2.69. The van der Waals surface area contributed by atoms with Gasteiger partial charge in [0.25, 0.3) is 10.0 Å². The Balaban J connectivity index is 1.72. The lowest BCUT2D eigenvalue weighted by Crippen LogP contribution is -2.37. The molecular weight excluding hydrogens is 334 g/mol. The van der Waals surface area contributed by atoms with Crippen molar-refractivity contribution in [2.75, 3.05) is 13.1 Å². The highest BCUT2D eigenvalue weighted by molar-refractivity contribution is 7.89. The van der Waals surface area contributed by atoms with Crippen LogP contribution in [-0.2, 0) is 14.8 Å². The third-order valence-electron chi connectivity index (χ3n) is 3.75. The van der Waals surface area contributed by atoms with E-state index in [0.717, 1.165) is 6.42 Å². The highest BCUT2D eigenvalue weighted by Gasteiger charge is 2.33. The van der Waals surface area contributed by atoms with Crippen molar-refractivity contribution in [3.8, 4) is 11.5 Å². The van der Waals surface area contributed by atoms with Gasteiger partial charge in [-0.05, 0) is 25.5 Å². The molecule has 9 heteroatoms. The van der Waals surface area contributed by atoms with Crippen LogP contribution >= 0.6 is 0 Å². The van der Waals surface area contributed by atoms with Crippen LogP contribution in [0.4, 0.5) is 0 Å². The van der Waals surface area contributed by atoms with Crippen molar-refractivity contribution >= 4 is 15.9 Å². The summed E-state index contributed by atoms with van der Waals surface area (Å²) in [4.78, 5) is 13.5. The minimum Gasteiger partial charge on any atom is -0.440 e. The number of furan rings is 1. The summed E-state index contributed by atoms with van der Waals surface area (Å²) in [6.45, 7) is 4.74. The Morgan fingerprint density at radius 2 is 2.17 bits per heavy atom. The first-order valence-corrected chi connectivity index (χ1v) is 9.21. The van der Waals surface area contributed by atoms with Crippen LogP contribution in [0.2, 0.25) is 0 Å². The predicted octanol–water partition coefficient (Wildman–Crippen LogP) is 1.53. The van der Waals surface area contributed by atoms with Crippen molar-refractivity contribution < 1.29 is 22.2 Å². The molecule has 1 N–H and O–H groups in total. The summed E-state index contributed by atoms with van der Waals surface area (Å²) < 4.78 is 37.8. The summed E-state index contributed by atoms with van der Waals surface area (Å²) >= 11 is 0. The zero-order valence-electron chi connectivity index (χ0n) is 13.5. The lowest BCUT2D eigenvalue weighted by molar-refractivity contribution is -0.127. The van der Waals surface area contributed by atoms with Gasteiger partial charge in [-0.25, -0.2) is 13.1 Å². The summed E-state index contributed by atoms with van der Waals surface area (Å²) in [5, 5.41) is 3.52. The number of rotatable bonds is 6. The van der Waals surface area contributed by atoms with E-state index >= 15 is 0 Å². The van der Waals surface area contributed by atoms with E-state index in [1.807, 2.05) is 6.92 Å². The first-order chi connectivity index (χ1) is 11.4. The Morgan fingerprint density at radius 3 is 2.83 bits per heavy atom. The van der Waals surface area contributed by atoms with Gasteiger partial charge in [-0.15, -0.1) is 0 Å². The normalized spacial score (nSPS) is 18.5. The molecule has 2 aromatic rings. The molecule has 0 aliphatic carbocycles. The van der Waals surface area contributed by atoms with Crippen LogP contribution in [0.15, 0.2) is 32.2 Å². The number of sulfonamides is 1. The van der Waals surface area contributed by atoms with Gasteiger partial charge in [0, 0.05) is 31.6 Å². The summed E-state index contributed by atoms with van der Waals surface area (Å²) in [6.07, 6.45) is 0.997. The van der Waals surface area contributed by atoms with Crippen molar-refractivity contribution in [3.63, 3.8) is 0 Å². The fourth-order valence-corrected chi connectivity index (χ4v) is 3.85. The molecule has 8 nitrogen and oxygen atoms in total. The van der Waals surface area contributed by atoms with Gasteiger partial charge >= 0.3 is 0 Å². The van der Waals surface area contributed by atoms with Crippen molar-refractivity contribution in [2.45, 2.75) is 37.8 Å². The molecule has 2 aromatic heterocycles. The average molecular weight is 353 g/mol. The highest BCUT2D eigenvalue weighted by Crippen LogP contribution is 2.25. The number of hydrogen-bond acceptors (Lipinski definition) is 6. The van der Waals surface area contributed by atoms with Crippen LogP contribution in [0.25, 0.3) is 11.5 Å². The molecule has 0 aromatic carbocycles. The zero-order valence-corrected chi connectivity index (χ0v) is 14.3. The minimum absolute atomic E-state index is 0.0400. The number of likely N-dealkylation sites (tertiary alicyclic amines) is 1. The summed E-state index contributed by atoms with van der Waals surface area (Å²) in [6, 6.07) is 4.07. The maximum absolute atomic E-state index is 12.4. The van der Waals surface area contributed by atoms with Crippen LogP contribution < -0.4 is 4.72 Å². The molecule has 0 spiro atoms. The second-order valence-electron chi connectivity index (χ2n) is 5.81. The summed E-state index contributed by atoms with van der Waals surface area (Å²) in [5.74, 6) is 0.604. The summed E-state index contributed by atoms with van der Waals surface area (Å²) in [7, 11) is -3.84. The molecular formula is C15H19N3O5S. The van der Waals surface area contributed by atoms with Gasteiger partial charge in [-0.1, -0.05) is 12.1 Å². The Hall–Kier alpha value is -2.13. The van der Waals surface area contributed by atoms with Crippen molar-refractivity contribution in [2.24, 2.45) is 0 Å². The molecule has 0 saturated carbocycles. The SMILES string of the molecule is CCCN1CC(NS(=O)(=O)c2ccc(-c3cc(C)no3)o2)CC1=O. The van der Waals surface area contributed by atoms with Crippen molar-refractivity contribution in [1.82, 2.24) is 14.8 Å². The van der Waals surface area contributed by atoms with E-state index in [4.69, 9.17) is 8.94 Å². The van der Waals surface area contributed by atoms with Gasteiger partial charge in [-0.2, -0.15) is 0 Å². The van der Waals surface area contributed by atoms with Gasteiger partial charge in [0.2, 0.25) is 16.8 Å². The number of aromatic nitrogens is 1. The molecule has 0 radical (unpaired) electrons. The van der Waals surface area contributed by atoms with Crippen LogP contribution in [0, 0.1) is 6.92 Å². The largest absolute Gasteiger partial charge is 0.440 e. The summed E-state index contributed by atoms with van der Waals surface area (Å²) in [5.41, 5.74) is 0.671. The van der Waals surface area contributed by atoms with E-state index in [1.165, 1.54) is 12.1 Å². The maximum atomic E-state index is 12.4. The lowest BCUT2D eigenvalue weighted by atomic mass is 10.3. The first-order valence-electron chi connectivity index (χ1n) is 7.72. The standard InChI is InChI=1S/C15H19N3O5S/c1-3-6-18-9-11(8-14(18)19)17-24(20,21)15-5-4-12(22-15)13-7-10(2)16-23-13/h4-5,7,11,17H,3,6,8-9H2,1-2H3. The Kier molecular flexibility index (Phi) is 4.46. The monoisotopic (exact) mass is 353 g/mol. The third-order valence-corrected chi connectivity index (χ3v) is 5.14. The Labute approximate surface area is 139 Å². The zero-order chi connectivity index (χ0) is 17.3. The molecule has 1 aliphatic rings. The van der Waals surface area contributed by atoms with Crippen LogP contribution in [0.5, 0.6) is 0 Å². The smallest absolute Gasteiger partial charge is 0.274 e. The van der Waals surface area contributed by atoms with E-state index in [-0.39, 0.29) is 23.2 Å². The number of nitrogens with one attached hydrogen (secondary N) is 1. The quantitative estimate of drug-likeness (QED) is 0.844. The van der Waals surface area contributed by atoms with Gasteiger partial charge in [0.15, 0.2) is 5.76 Å². The van der Waals surface area contributed by atoms with E-state index in [9.17, 15) is 13.2 Å².